The Morgan fingerprint density at radius 3 is 2.64 bits per heavy atom. The summed E-state index contributed by atoms with van der Waals surface area (Å²) in [6.07, 6.45) is 2.85. The molecule has 0 aliphatic rings. The molecule has 0 amide bonds. The lowest BCUT2D eigenvalue weighted by Crippen LogP contribution is -2.38. The summed E-state index contributed by atoms with van der Waals surface area (Å²) in [4.78, 5) is 8.86. The second-order valence-corrected chi connectivity index (χ2v) is 5.78. The number of aliphatic imine (C=N–C) groups is 1. The lowest BCUT2D eigenvalue weighted by molar-refractivity contribution is 0.128. The molecule has 0 unspecified atom stereocenters. The number of aryl methyl sites for hydroxylation is 1. The Kier molecular flexibility index (Phi) is 8.49. The minimum atomic E-state index is 0.605. The third-order valence-electron chi connectivity index (χ3n) is 3.64. The van der Waals surface area contributed by atoms with E-state index in [1.807, 2.05) is 37.4 Å². The van der Waals surface area contributed by atoms with Gasteiger partial charge in [0.25, 0.3) is 0 Å². The van der Waals surface area contributed by atoms with Crippen LogP contribution in [0.3, 0.4) is 0 Å². The van der Waals surface area contributed by atoms with Crippen LogP contribution in [-0.2, 0) is 17.8 Å². The zero-order valence-corrected chi connectivity index (χ0v) is 15.2. The van der Waals surface area contributed by atoms with Gasteiger partial charge in [0, 0.05) is 25.0 Å². The smallest absolute Gasteiger partial charge is 0.191 e. The molecule has 134 valence electrons. The van der Waals surface area contributed by atoms with E-state index in [0.29, 0.717) is 19.8 Å². The van der Waals surface area contributed by atoms with Gasteiger partial charge in [-0.3, -0.25) is 9.98 Å². The summed E-state index contributed by atoms with van der Waals surface area (Å²) in [5.41, 5.74) is 3.45. The van der Waals surface area contributed by atoms with Gasteiger partial charge in [-0.15, -0.1) is 0 Å². The molecule has 5 heteroatoms. The van der Waals surface area contributed by atoms with E-state index in [4.69, 9.17) is 4.74 Å². The first-order chi connectivity index (χ1) is 12.3. The second kappa shape index (κ2) is 11.2. The third-order valence-corrected chi connectivity index (χ3v) is 3.64. The molecule has 0 radical (unpaired) electrons. The van der Waals surface area contributed by atoms with Crippen molar-refractivity contribution in [1.82, 2.24) is 15.6 Å². The van der Waals surface area contributed by atoms with Crippen LogP contribution in [0.1, 0.15) is 23.7 Å². The van der Waals surface area contributed by atoms with Crippen molar-refractivity contribution < 1.29 is 4.74 Å². The Morgan fingerprint density at radius 2 is 1.92 bits per heavy atom. The van der Waals surface area contributed by atoms with Gasteiger partial charge in [-0.2, -0.15) is 0 Å². The fraction of sp³-hybridized carbons (Fsp3) is 0.400. The molecule has 1 heterocycles. The number of hydrogen-bond acceptors (Lipinski definition) is 3. The molecule has 0 aliphatic carbocycles. The fourth-order valence-corrected chi connectivity index (χ4v) is 2.30. The minimum absolute atomic E-state index is 0.605. The summed E-state index contributed by atoms with van der Waals surface area (Å²) in [6, 6.07) is 14.3. The van der Waals surface area contributed by atoms with E-state index in [0.717, 1.165) is 31.2 Å². The largest absolute Gasteiger partial charge is 0.375 e. The van der Waals surface area contributed by atoms with Crippen LogP contribution in [0.5, 0.6) is 0 Å². The predicted molar refractivity (Wildman–Crippen MR) is 103 cm³/mol. The number of guanidine groups is 1. The molecule has 0 atom stereocenters. The first kappa shape index (κ1) is 18.9. The lowest BCUT2D eigenvalue weighted by atomic mass is 10.2. The molecule has 0 saturated carbocycles. The van der Waals surface area contributed by atoms with Gasteiger partial charge in [0.2, 0.25) is 0 Å². The predicted octanol–water partition coefficient (Wildman–Crippen LogP) is 2.70. The van der Waals surface area contributed by atoms with E-state index in [-0.39, 0.29) is 0 Å². The molecule has 25 heavy (non-hydrogen) atoms. The highest BCUT2D eigenvalue weighted by Gasteiger charge is 1.98. The van der Waals surface area contributed by atoms with Crippen LogP contribution in [0, 0.1) is 6.92 Å². The maximum atomic E-state index is 5.66. The monoisotopic (exact) mass is 340 g/mol. The first-order valence-electron chi connectivity index (χ1n) is 8.83. The zero-order valence-electron chi connectivity index (χ0n) is 15.2. The van der Waals surface area contributed by atoms with Crippen LogP contribution in [0.15, 0.2) is 53.7 Å². The van der Waals surface area contributed by atoms with Crippen molar-refractivity contribution in [3.8, 4) is 0 Å². The van der Waals surface area contributed by atoms with Gasteiger partial charge in [-0.05, 0) is 37.5 Å². The summed E-state index contributed by atoms with van der Waals surface area (Å²) in [6.45, 7) is 7.58. The number of ether oxygens (including phenoxy) is 1. The van der Waals surface area contributed by atoms with E-state index in [1.165, 1.54) is 11.1 Å². The summed E-state index contributed by atoms with van der Waals surface area (Å²) >= 11 is 0. The molecular formula is C20H28N4O. The zero-order chi connectivity index (χ0) is 17.7. The quantitative estimate of drug-likeness (QED) is 0.419. The number of aromatic nitrogens is 1. The van der Waals surface area contributed by atoms with Crippen molar-refractivity contribution >= 4 is 5.96 Å². The van der Waals surface area contributed by atoms with Gasteiger partial charge in [-0.25, -0.2) is 0 Å². The van der Waals surface area contributed by atoms with Crippen molar-refractivity contribution in [2.75, 3.05) is 26.2 Å². The van der Waals surface area contributed by atoms with Gasteiger partial charge >= 0.3 is 0 Å². The molecule has 0 spiro atoms. The maximum absolute atomic E-state index is 5.66. The average molecular weight is 340 g/mol. The number of nitrogens with zero attached hydrogens (tertiary/aromatic N) is 2. The van der Waals surface area contributed by atoms with Crippen LogP contribution >= 0.6 is 0 Å². The van der Waals surface area contributed by atoms with E-state index in [9.17, 15) is 0 Å². The molecule has 0 bridgehead atoms. The number of benzene rings is 1. The van der Waals surface area contributed by atoms with Crippen molar-refractivity contribution in [1.29, 1.82) is 0 Å². The Morgan fingerprint density at radius 1 is 1.08 bits per heavy atom. The maximum Gasteiger partial charge on any atom is 0.191 e. The van der Waals surface area contributed by atoms with Crippen LogP contribution < -0.4 is 10.6 Å². The summed E-state index contributed by atoms with van der Waals surface area (Å²) < 4.78 is 5.66. The summed E-state index contributed by atoms with van der Waals surface area (Å²) in [7, 11) is 0. The molecule has 1 aromatic carbocycles. The van der Waals surface area contributed by atoms with E-state index in [1.54, 1.807) is 0 Å². The van der Waals surface area contributed by atoms with E-state index >= 15 is 0 Å². The van der Waals surface area contributed by atoms with Crippen molar-refractivity contribution in [3.05, 3.63) is 65.5 Å². The highest BCUT2D eigenvalue weighted by atomic mass is 16.5. The standard InChI is InChI=1S/C20H28N4O/c1-3-21-20(22-12-11-18-10-9-17(2)24-15-18)23-13-14-25-16-19-7-5-4-6-8-19/h4-10,15H,3,11-14,16H2,1-2H3,(H2,21,22,23). The van der Waals surface area contributed by atoms with Gasteiger partial charge in [-0.1, -0.05) is 36.4 Å². The normalized spacial score (nSPS) is 11.4. The Labute approximate surface area is 150 Å². The Balaban J connectivity index is 1.67. The van der Waals surface area contributed by atoms with Crippen LogP contribution in [0.25, 0.3) is 0 Å². The van der Waals surface area contributed by atoms with E-state index < -0.39 is 0 Å². The Bertz CT molecular complexity index is 626. The second-order valence-electron chi connectivity index (χ2n) is 5.78. The average Bonchev–Trinajstić information content (AvgIpc) is 2.64. The molecule has 2 rings (SSSR count). The van der Waals surface area contributed by atoms with Crippen LogP contribution in [0.4, 0.5) is 0 Å². The highest BCUT2D eigenvalue weighted by molar-refractivity contribution is 5.79. The van der Waals surface area contributed by atoms with Crippen molar-refractivity contribution in [2.24, 2.45) is 4.99 Å². The van der Waals surface area contributed by atoms with Gasteiger partial charge in [0.15, 0.2) is 5.96 Å². The topological polar surface area (TPSA) is 58.5 Å². The number of pyridine rings is 1. The fourth-order valence-electron chi connectivity index (χ4n) is 2.30. The van der Waals surface area contributed by atoms with Crippen molar-refractivity contribution in [3.63, 3.8) is 0 Å². The minimum Gasteiger partial charge on any atom is -0.375 e. The van der Waals surface area contributed by atoms with Gasteiger partial charge < -0.3 is 15.4 Å². The van der Waals surface area contributed by atoms with Crippen LogP contribution in [-0.4, -0.2) is 37.2 Å². The lowest BCUT2D eigenvalue weighted by Gasteiger charge is -2.11. The van der Waals surface area contributed by atoms with Crippen molar-refractivity contribution in [2.45, 2.75) is 26.9 Å². The van der Waals surface area contributed by atoms with Crippen LogP contribution in [0.2, 0.25) is 0 Å². The summed E-state index contributed by atoms with van der Waals surface area (Å²) in [5, 5.41) is 6.60. The first-order valence-corrected chi connectivity index (χ1v) is 8.83. The molecule has 1 aromatic heterocycles. The number of rotatable bonds is 9. The number of hydrogen-bond donors (Lipinski definition) is 2. The highest BCUT2D eigenvalue weighted by Crippen LogP contribution is 2.00. The Hall–Kier alpha value is -2.40. The van der Waals surface area contributed by atoms with Gasteiger partial charge in [0.1, 0.15) is 0 Å². The third kappa shape index (κ3) is 7.81. The van der Waals surface area contributed by atoms with Gasteiger partial charge in [0.05, 0.1) is 19.8 Å². The molecule has 2 aromatic rings. The molecule has 0 aliphatic heterocycles. The summed E-state index contributed by atoms with van der Waals surface area (Å²) in [5.74, 6) is 0.825. The molecule has 2 N–H and O–H groups in total. The molecule has 0 saturated heterocycles. The molecular weight excluding hydrogens is 312 g/mol. The molecule has 5 nitrogen and oxygen atoms in total. The van der Waals surface area contributed by atoms with E-state index in [2.05, 4.69) is 45.7 Å². The number of nitrogens with one attached hydrogen (secondary N) is 2. The molecule has 0 fully saturated rings. The SMILES string of the molecule is CCNC(=NCCOCc1ccccc1)NCCc1ccc(C)nc1.